The van der Waals surface area contributed by atoms with Crippen molar-refractivity contribution >= 4 is 10.0 Å². The molecule has 2 aromatic rings. The van der Waals surface area contributed by atoms with E-state index in [1.165, 1.54) is 0 Å². The summed E-state index contributed by atoms with van der Waals surface area (Å²) in [5.74, 6) is 0.866. The van der Waals surface area contributed by atoms with Gasteiger partial charge in [0.25, 0.3) is 0 Å². The van der Waals surface area contributed by atoms with Crippen LogP contribution < -0.4 is 9.46 Å². The summed E-state index contributed by atoms with van der Waals surface area (Å²) < 4.78 is 32.2. The zero-order chi connectivity index (χ0) is 16.9. The van der Waals surface area contributed by atoms with Crippen LogP contribution in [0.3, 0.4) is 0 Å². The third-order valence-corrected chi connectivity index (χ3v) is 5.34. The Balaban J connectivity index is 1.95. The molecule has 124 valence electrons. The molecule has 4 nitrogen and oxygen atoms in total. The van der Waals surface area contributed by atoms with Gasteiger partial charge in [0, 0.05) is 6.54 Å². The van der Waals surface area contributed by atoms with Gasteiger partial charge in [-0.3, -0.25) is 0 Å². The Morgan fingerprint density at radius 3 is 2.35 bits per heavy atom. The summed E-state index contributed by atoms with van der Waals surface area (Å²) in [5.41, 5.74) is 4.16. The van der Waals surface area contributed by atoms with Crippen LogP contribution in [-0.2, 0) is 22.2 Å². The lowest BCUT2D eigenvalue weighted by molar-refractivity contribution is 0.411. The first-order valence-electron chi connectivity index (χ1n) is 7.57. The molecule has 0 aromatic heterocycles. The lowest BCUT2D eigenvalue weighted by Crippen LogP contribution is -2.27. The van der Waals surface area contributed by atoms with Gasteiger partial charge in [-0.15, -0.1) is 0 Å². The fraction of sp³-hybridized carbons (Fsp3) is 0.333. The van der Waals surface area contributed by atoms with Crippen LogP contribution in [0.15, 0.2) is 42.5 Å². The Kier molecular flexibility index (Phi) is 5.80. The van der Waals surface area contributed by atoms with Gasteiger partial charge in [-0.25, -0.2) is 13.1 Å². The quantitative estimate of drug-likeness (QED) is 0.847. The molecule has 0 radical (unpaired) electrons. The molecular weight excluding hydrogens is 310 g/mol. The smallest absolute Gasteiger partial charge is 0.215 e. The second-order valence-electron chi connectivity index (χ2n) is 5.57. The minimum Gasteiger partial charge on any atom is -0.496 e. The fourth-order valence-corrected chi connectivity index (χ4v) is 3.68. The SMILES string of the molecule is COc1ccc(CCNS(=O)(=O)Cc2ccccc2)c(C)c1C. The molecule has 0 heterocycles. The van der Waals surface area contributed by atoms with Gasteiger partial charge < -0.3 is 4.74 Å². The average molecular weight is 333 g/mol. The first-order valence-corrected chi connectivity index (χ1v) is 9.22. The van der Waals surface area contributed by atoms with E-state index in [0.29, 0.717) is 13.0 Å². The molecule has 0 saturated carbocycles. The number of sulfonamides is 1. The van der Waals surface area contributed by atoms with E-state index in [2.05, 4.69) is 4.72 Å². The molecule has 1 N–H and O–H groups in total. The number of hydrogen-bond donors (Lipinski definition) is 1. The van der Waals surface area contributed by atoms with Gasteiger partial charge in [0.1, 0.15) is 5.75 Å². The van der Waals surface area contributed by atoms with Crippen molar-refractivity contribution in [3.63, 3.8) is 0 Å². The average Bonchev–Trinajstić information content (AvgIpc) is 2.52. The number of hydrogen-bond acceptors (Lipinski definition) is 3. The highest BCUT2D eigenvalue weighted by Gasteiger charge is 2.12. The Labute approximate surface area is 138 Å². The van der Waals surface area contributed by atoms with Crippen LogP contribution >= 0.6 is 0 Å². The molecule has 0 aliphatic carbocycles. The van der Waals surface area contributed by atoms with Crippen LogP contribution in [0.4, 0.5) is 0 Å². The maximum Gasteiger partial charge on any atom is 0.215 e. The second-order valence-corrected chi connectivity index (χ2v) is 7.37. The molecule has 0 fully saturated rings. The van der Waals surface area contributed by atoms with Gasteiger partial charge in [0.05, 0.1) is 12.9 Å². The van der Waals surface area contributed by atoms with Crippen LogP contribution in [0.5, 0.6) is 5.75 Å². The highest BCUT2D eigenvalue weighted by atomic mass is 32.2. The predicted molar refractivity (Wildman–Crippen MR) is 93.2 cm³/mol. The Morgan fingerprint density at radius 1 is 1.00 bits per heavy atom. The summed E-state index contributed by atoms with van der Waals surface area (Å²) in [4.78, 5) is 0. The Hall–Kier alpha value is -1.85. The highest BCUT2D eigenvalue weighted by molar-refractivity contribution is 7.88. The zero-order valence-corrected chi connectivity index (χ0v) is 14.6. The molecule has 0 atom stereocenters. The summed E-state index contributed by atoms with van der Waals surface area (Å²) in [6.07, 6.45) is 0.657. The van der Waals surface area contributed by atoms with Crippen molar-refractivity contribution < 1.29 is 13.2 Å². The third kappa shape index (κ3) is 4.81. The predicted octanol–water partition coefficient (Wildman–Crippen LogP) is 2.97. The van der Waals surface area contributed by atoms with Gasteiger partial charge >= 0.3 is 0 Å². The van der Waals surface area contributed by atoms with E-state index in [9.17, 15) is 8.42 Å². The highest BCUT2D eigenvalue weighted by Crippen LogP contribution is 2.24. The van der Waals surface area contributed by atoms with Crippen molar-refractivity contribution in [2.45, 2.75) is 26.0 Å². The van der Waals surface area contributed by atoms with Crippen LogP contribution in [-0.4, -0.2) is 22.1 Å². The molecule has 0 spiro atoms. The monoisotopic (exact) mass is 333 g/mol. The summed E-state index contributed by atoms with van der Waals surface area (Å²) in [7, 11) is -1.66. The molecule has 23 heavy (non-hydrogen) atoms. The van der Waals surface area contributed by atoms with E-state index in [1.54, 1.807) is 7.11 Å². The molecule has 0 aliphatic heterocycles. The van der Waals surface area contributed by atoms with E-state index in [4.69, 9.17) is 4.74 Å². The van der Waals surface area contributed by atoms with Crippen molar-refractivity contribution in [3.05, 3.63) is 64.7 Å². The number of ether oxygens (including phenoxy) is 1. The number of rotatable bonds is 7. The Bertz CT molecular complexity index is 755. The number of methoxy groups -OCH3 is 1. The molecule has 0 saturated heterocycles. The number of nitrogens with one attached hydrogen (secondary N) is 1. The lowest BCUT2D eigenvalue weighted by atomic mass is 10.0. The lowest BCUT2D eigenvalue weighted by Gasteiger charge is -2.13. The van der Waals surface area contributed by atoms with Crippen LogP contribution in [0.1, 0.15) is 22.3 Å². The van der Waals surface area contributed by atoms with E-state index in [-0.39, 0.29) is 5.75 Å². The molecule has 0 aliphatic rings. The Morgan fingerprint density at radius 2 is 1.70 bits per heavy atom. The van der Waals surface area contributed by atoms with E-state index in [1.807, 2.05) is 56.3 Å². The van der Waals surface area contributed by atoms with E-state index in [0.717, 1.165) is 28.0 Å². The van der Waals surface area contributed by atoms with Gasteiger partial charge in [0.2, 0.25) is 10.0 Å². The molecule has 0 amide bonds. The van der Waals surface area contributed by atoms with Gasteiger partial charge in [-0.1, -0.05) is 36.4 Å². The topological polar surface area (TPSA) is 55.4 Å². The zero-order valence-electron chi connectivity index (χ0n) is 13.8. The van der Waals surface area contributed by atoms with Crippen molar-refractivity contribution in [1.29, 1.82) is 0 Å². The van der Waals surface area contributed by atoms with Gasteiger partial charge in [-0.05, 0) is 48.6 Å². The van der Waals surface area contributed by atoms with Crippen molar-refractivity contribution in [2.24, 2.45) is 0 Å². The maximum atomic E-state index is 12.1. The van der Waals surface area contributed by atoms with Gasteiger partial charge in [0.15, 0.2) is 0 Å². The van der Waals surface area contributed by atoms with Gasteiger partial charge in [-0.2, -0.15) is 0 Å². The minimum absolute atomic E-state index is 0.00840. The molecule has 0 bridgehead atoms. The summed E-state index contributed by atoms with van der Waals surface area (Å²) in [6.45, 7) is 4.44. The fourth-order valence-electron chi connectivity index (χ4n) is 2.53. The van der Waals surface area contributed by atoms with Crippen molar-refractivity contribution in [2.75, 3.05) is 13.7 Å². The minimum atomic E-state index is -3.32. The van der Waals surface area contributed by atoms with Crippen molar-refractivity contribution in [3.8, 4) is 5.75 Å². The van der Waals surface area contributed by atoms with Crippen LogP contribution in [0.25, 0.3) is 0 Å². The van der Waals surface area contributed by atoms with E-state index < -0.39 is 10.0 Å². The molecule has 2 rings (SSSR count). The van der Waals surface area contributed by atoms with E-state index >= 15 is 0 Å². The molecule has 0 unspecified atom stereocenters. The summed E-state index contributed by atoms with van der Waals surface area (Å²) in [5, 5.41) is 0. The normalized spacial score (nSPS) is 11.4. The van der Waals surface area contributed by atoms with Crippen molar-refractivity contribution in [1.82, 2.24) is 4.72 Å². The first kappa shape index (κ1) is 17.5. The third-order valence-electron chi connectivity index (χ3n) is 3.99. The molecule has 2 aromatic carbocycles. The largest absolute Gasteiger partial charge is 0.496 e. The standard InChI is InChI=1S/C18H23NO3S/c1-14-15(2)18(22-3)10-9-17(14)11-12-19-23(20,21)13-16-7-5-4-6-8-16/h4-10,19H,11-13H2,1-3H3. The van der Waals surface area contributed by atoms with Crippen LogP contribution in [0.2, 0.25) is 0 Å². The molecular formula is C18H23NO3S. The van der Waals surface area contributed by atoms with Crippen LogP contribution in [0, 0.1) is 13.8 Å². The number of benzene rings is 2. The second kappa shape index (κ2) is 7.62. The molecule has 5 heteroatoms. The first-order chi connectivity index (χ1) is 10.9. The summed E-state index contributed by atoms with van der Waals surface area (Å²) >= 11 is 0. The maximum absolute atomic E-state index is 12.1. The summed E-state index contributed by atoms with van der Waals surface area (Å²) in [6, 6.07) is 13.1.